The number of hydrogen-bond donors (Lipinski definition) is 1. The lowest BCUT2D eigenvalue weighted by molar-refractivity contribution is 0.716. The zero-order valence-corrected chi connectivity index (χ0v) is 9.79. The summed E-state index contributed by atoms with van der Waals surface area (Å²) < 4.78 is 0. The van der Waals surface area contributed by atoms with Crippen LogP contribution >= 0.6 is 11.8 Å². The second-order valence-corrected chi connectivity index (χ2v) is 5.47. The predicted octanol–water partition coefficient (Wildman–Crippen LogP) is 2.61. The van der Waals surface area contributed by atoms with Gasteiger partial charge in [0.15, 0.2) is 0 Å². The molecule has 78 valence electrons. The van der Waals surface area contributed by atoms with Gasteiger partial charge in [0.2, 0.25) is 0 Å². The van der Waals surface area contributed by atoms with Crippen molar-refractivity contribution in [3.63, 3.8) is 0 Å². The van der Waals surface area contributed by atoms with Crippen molar-refractivity contribution in [2.75, 3.05) is 0 Å². The summed E-state index contributed by atoms with van der Waals surface area (Å²) in [7, 11) is 0. The Morgan fingerprint density at radius 1 is 1.36 bits per heavy atom. The highest BCUT2D eigenvalue weighted by atomic mass is 32.2. The van der Waals surface area contributed by atoms with Gasteiger partial charge in [0.05, 0.1) is 0 Å². The Labute approximate surface area is 90.3 Å². The van der Waals surface area contributed by atoms with Crippen LogP contribution in [0.4, 0.5) is 0 Å². The van der Waals surface area contributed by atoms with Crippen LogP contribution in [0.15, 0.2) is 24.5 Å². The molecule has 0 radical (unpaired) electrons. The first kappa shape index (κ1) is 11.5. The van der Waals surface area contributed by atoms with Crippen LogP contribution in [0.2, 0.25) is 0 Å². The summed E-state index contributed by atoms with van der Waals surface area (Å²) >= 11 is 1.90. The lowest BCUT2D eigenvalue weighted by Crippen LogP contribution is -2.23. The molecule has 2 N–H and O–H groups in total. The zero-order valence-electron chi connectivity index (χ0n) is 8.97. The molecule has 0 saturated carbocycles. The molecule has 0 bridgehead atoms. The largest absolute Gasteiger partial charge is 0.327 e. The molecule has 0 aromatic carbocycles. The second kappa shape index (κ2) is 5.37. The highest BCUT2D eigenvalue weighted by Crippen LogP contribution is 2.33. The van der Waals surface area contributed by atoms with Crippen LogP contribution in [0.5, 0.6) is 0 Å². The van der Waals surface area contributed by atoms with Gasteiger partial charge >= 0.3 is 0 Å². The third kappa shape index (κ3) is 3.31. The number of nitrogens with zero attached hydrogens (tertiary/aromatic N) is 1. The first-order valence-electron chi connectivity index (χ1n) is 4.92. The van der Waals surface area contributed by atoms with Crippen LogP contribution in [0.25, 0.3) is 0 Å². The van der Waals surface area contributed by atoms with Gasteiger partial charge in [0.25, 0.3) is 0 Å². The van der Waals surface area contributed by atoms with Gasteiger partial charge in [-0.05, 0) is 23.8 Å². The van der Waals surface area contributed by atoms with E-state index < -0.39 is 0 Å². The van der Waals surface area contributed by atoms with Crippen molar-refractivity contribution in [3.05, 3.63) is 30.1 Å². The molecular weight excluding hydrogens is 192 g/mol. The van der Waals surface area contributed by atoms with Gasteiger partial charge in [0, 0.05) is 23.7 Å². The molecule has 0 saturated heterocycles. The van der Waals surface area contributed by atoms with E-state index in [0.717, 1.165) is 0 Å². The number of rotatable bonds is 4. The monoisotopic (exact) mass is 210 g/mol. The van der Waals surface area contributed by atoms with Crippen LogP contribution in [-0.4, -0.2) is 16.3 Å². The third-order valence-electron chi connectivity index (χ3n) is 1.91. The van der Waals surface area contributed by atoms with E-state index in [-0.39, 0.29) is 6.04 Å². The molecule has 1 rings (SSSR count). The molecule has 0 spiro atoms. The Morgan fingerprint density at radius 2 is 2.07 bits per heavy atom. The fourth-order valence-electron chi connectivity index (χ4n) is 1.34. The Bertz CT molecular complexity index is 259. The van der Waals surface area contributed by atoms with Crippen molar-refractivity contribution in [1.29, 1.82) is 0 Å². The summed E-state index contributed by atoms with van der Waals surface area (Å²) in [6.07, 6.45) is 3.70. The molecule has 1 heterocycles. The van der Waals surface area contributed by atoms with Crippen molar-refractivity contribution >= 4 is 11.8 Å². The second-order valence-electron chi connectivity index (χ2n) is 3.75. The van der Waals surface area contributed by atoms with Gasteiger partial charge in [-0.15, -0.1) is 11.8 Å². The highest BCUT2D eigenvalue weighted by molar-refractivity contribution is 8.00. The molecule has 14 heavy (non-hydrogen) atoms. The van der Waals surface area contributed by atoms with Gasteiger partial charge in [0.1, 0.15) is 0 Å². The minimum atomic E-state index is 0.159. The minimum absolute atomic E-state index is 0.159. The van der Waals surface area contributed by atoms with Crippen LogP contribution in [-0.2, 0) is 0 Å². The van der Waals surface area contributed by atoms with Crippen molar-refractivity contribution in [2.24, 2.45) is 5.73 Å². The fraction of sp³-hybridized carbons (Fsp3) is 0.545. The van der Waals surface area contributed by atoms with Crippen LogP contribution in [0, 0.1) is 0 Å². The van der Waals surface area contributed by atoms with E-state index >= 15 is 0 Å². The van der Waals surface area contributed by atoms with Gasteiger partial charge in [-0.3, -0.25) is 4.98 Å². The molecule has 2 nitrogen and oxygen atoms in total. The molecule has 0 fully saturated rings. The van der Waals surface area contributed by atoms with Gasteiger partial charge in [-0.2, -0.15) is 0 Å². The normalized spacial score (nSPS) is 15.5. The smallest absolute Gasteiger partial charge is 0.0463 e. The van der Waals surface area contributed by atoms with Gasteiger partial charge in [-0.1, -0.05) is 19.9 Å². The number of aromatic nitrogens is 1. The van der Waals surface area contributed by atoms with Crippen molar-refractivity contribution in [2.45, 2.75) is 37.3 Å². The molecule has 0 aliphatic carbocycles. The maximum atomic E-state index is 5.97. The average Bonchev–Trinajstić information content (AvgIpc) is 2.15. The summed E-state index contributed by atoms with van der Waals surface area (Å²) in [4.78, 5) is 4.13. The first-order valence-corrected chi connectivity index (χ1v) is 5.86. The topological polar surface area (TPSA) is 38.9 Å². The van der Waals surface area contributed by atoms with E-state index in [1.807, 2.05) is 30.9 Å². The molecule has 2 unspecified atom stereocenters. The standard InChI is InChI=1S/C11H18N2S/c1-8(2)14-11(9(3)12)10-5-4-6-13-7-10/h4-9,11H,12H2,1-3H3. The maximum Gasteiger partial charge on any atom is 0.0463 e. The maximum absolute atomic E-state index is 5.97. The number of thioether (sulfide) groups is 1. The summed E-state index contributed by atoms with van der Waals surface area (Å²) in [6, 6.07) is 4.22. The van der Waals surface area contributed by atoms with Gasteiger partial charge in [-0.25, -0.2) is 0 Å². The SMILES string of the molecule is CC(C)SC(c1cccnc1)C(C)N. The molecule has 3 heteroatoms. The van der Waals surface area contributed by atoms with E-state index in [0.29, 0.717) is 10.5 Å². The lowest BCUT2D eigenvalue weighted by Gasteiger charge is -2.22. The van der Waals surface area contributed by atoms with E-state index in [1.165, 1.54) is 5.56 Å². The summed E-state index contributed by atoms with van der Waals surface area (Å²) in [5.41, 5.74) is 7.19. The number of nitrogens with two attached hydrogens (primary N) is 1. The highest BCUT2D eigenvalue weighted by Gasteiger charge is 2.17. The summed E-state index contributed by atoms with van der Waals surface area (Å²) in [5, 5.41) is 0.940. The molecular formula is C11H18N2S. The third-order valence-corrected chi connectivity index (χ3v) is 3.45. The number of pyridine rings is 1. The predicted molar refractivity (Wildman–Crippen MR) is 63.4 cm³/mol. The zero-order chi connectivity index (χ0) is 10.6. The number of hydrogen-bond acceptors (Lipinski definition) is 3. The molecule has 1 aromatic heterocycles. The first-order chi connectivity index (χ1) is 6.61. The molecule has 2 atom stereocenters. The van der Waals surface area contributed by atoms with Crippen molar-refractivity contribution in [3.8, 4) is 0 Å². The van der Waals surface area contributed by atoms with Crippen LogP contribution in [0.3, 0.4) is 0 Å². The van der Waals surface area contributed by atoms with Crippen LogP contribution < -0.4 is 5.73 Å². The Kier molecular flexibility index (Phi) is 4.42. The Balaban J connectivity index is 2.78. The quantitative estimate of drug-likeness (QED) is 0.830. The van der Waals surface area contributed by atoms with Crippen LogP contribution in [0.1, 0.15) is 31.6 Å². The average molecular weight is 210 g/mol. The lowest BCUT2D eigenvalue weighted by atomic mass is 10.1. The van der Waals surface area contributed by atoms with Crippen molar-refractivity contribution < 1.29 is 0 Å². The van der Waals surface area contributed by atoms with E-state index in [9.17, 15) is 0 Å². The fourth-order valence-corrected chi connectivity index (χ4v) is 2.47. The summed E-state index contributed by atoms with van der Waals surface area (Å²) in [5.74, 6) is 0. The Morgan fingerprint density at radius 3 is 2.50 bits per heavy atom. The molecule has 1 aromatic rings. The van der Waals surface area contributed by atoms with E-state index in [4.69, 9.17) is 5.73 Å². The van der Waals surface area contributed by atoms with Gasteiger partial charge < -0.3 is 5.73 Å². The molecule has 0 amide bonds. The summed E-state index contributed by atoms with van der Waals surface area (Å²) in [6.45, 7) is 6.43. The molecule has 0 aliphatic heterocycles. The molecule has 0 aliphatic rings. The van der Waals surface area contributed by atoms with E-state index in [2.05, 4.69) is 24.9 Å². The Hall–Kier alpha value is -0.540. The minimum Gasteiger partial charge on any atom is -0.327 e. The van der Waals surface area contributed by atoms with Crippen molar-refractivity contribution in [1.82, 2.24) is 4.98 Å². The van der Waals surface area contributed by atoms with E-state index in [1.54, 1.807) is 6.20 Å².